The van der Waals surface area contributed by atoms with E-state index in [4.69, 9.17) is 5.11 Å². The second-order valence-corrected chi connectivity index (χ2v) is 6.98. The van der Waals surface area contributed by atoms with Crippen LogP contribution >= 0.6 is 0 Å². The van der Waals surface area contributed by atoms with Crippen LogP contribution in [0.3, 0.4) is 0 Å². The zero-order valence-corrected chi connectivity index (χ0v) is 17.0. The summed E-state index contributed by atoms with van der Waals surface area (Å²) in [4.78, 5) is 23.5. The van der Waals surface area contributed by atoms with Crippen LogP contribution in [0, 0.1) is 0 Å². The fraction of sp³-hybridized carbons (Fsp3) is 0.810. The van der Waals surface area contributed by atoms with E-state index in [0.29, 0.717) is 6.42 Å². The lowest BCUT2D eigenvalue weighted by atomic mass is 10.1. The predicted octanol–water partition coefficient (Wildman–Crippen LogP) is 4.74. The van der Waals surface area contributed by atoms with E-state index < -0.39 is 5.97 Å². The largest absolute Gasteiger partial charge is 0.480 e. The molecule has 0 bridgehead atoms. The number of allylic oxidation sites excluding steroid dienone is 2. The summed E-state index contributed by atoms with van der Waals surface area (Å²) < 4.78 is 0. The normalized spacial score (nSPS) is 10.7. The summed E-state index contributed by atoms with van der Waals surface area (Å²) in [5, 5.41) is 8.64. The van der Waals surface area contributed by atoms with Gasteiger partial charge in [0.2, 0.25) is 5.91 Å². The fourth-order valence-corrected chi connectivity index (χ4v) is 2.83. The summed E-state index contributed by atoms with van der Waals surface area (Å²) in [5.74, 6) is -1.03. The number of aliphatic carboxylic acids is 1. The minimum absolute atomic E-state index is 0. The van der Waals surface area contributed by atoms with Gasteiger partial charge in [0.05, 0.1) is 0 Å². The summed E-state index contributed by atoms with van der Waals surface area (Å²) in [5.41, 5.74) is 0. The third-order valence-corrected chi connectivity index (χ3v) is 4.45. The Bertz CT molecular complexity index is 369. The van der Waals surface area contributed by atoms with E-state index in [9.17, 15) is 9.59 Å². The van der Waals surface area contributed by atoms with Crippen molar-refractivity contribution in [3.63, 3.8) is 0 Å². The highest BCUT2D eigenvalue weighted by Crippen LogP contribution is 2.10. The Morgan fingerprint density at radius 2 is 1.27 bits per heavy atom. The van der Waals surface area contributed by atoms with Crippen molar-refractivity contribution in [1.29, 1.82) is 0 Å². The number of hydrogen-bond acceptors (Lipinski definition) is 2. The SMILES string of the molecule is CCCCCCCC/C=C\CCCCCCCC(=O)N(C)CC(=O)O.O. The number of unbranched alkanes of at least 4 members (excludes halogenated alkanes) is 11. The molecule has 154 valence electrons. The quantitative estimate of drug-likeness (QED) is 0.296. The van der Waals surface area contributed by atoms with Gasteiger partial charge in [-0.05, 0) is 32.1 Å². The van der Waals surface area contributed by atoms with Crippen molar-refractivity contribution in [3.05, 3.63) is 12.2 Å². The average Bonchev–Trinajstić information content (AvgIpc) is 2.57. The van der Waals surface area contributed by atoms with Crippen LogP contribution in [0.2, 0.25) is 0 Å². The predicted molar refractivity (Wildman–Crippen MR) is 108 cm³/mol. The minimum atomic E-state index is -0.958. The highest BCUT2D eigenvalue weighted by Gasteiger charge is 2.10. The molecule has 0 unspecified atom stereocenters. The number of likely N-dealkylation sites (N-methyl/N-ethyl adjacent to an activating group) is 1. The maximum atomic E-state index is 11.7. The highest BCUT2D eigenvalue weighted by atomic mass is 16.4. The number of carboxylic acid groups (broad SMARTS) is 1. The first-order valence-electron chi connectivity index (χ1n) is 10.2. The second-order valence-electron chi connectivity index (χ2n) is 6.98. The van der Waals surface area contributed by atoms with Gasteiger partial charge in [-0.2, -0.15) is 0 Å². The van der Waals surface area contributed by atoms with E-state index in [0.717, 1.165) is 25.7 Å². The van der Waals surface area contributed by atoms with Gasteiger partial charge in [0.1, 0.15) is 6.54 Å². The maximum absolute atomic E-state index is 11.7. The summed E-state index contributed by atoms with van der Waals surface area (Å²) >= 11 is 0. The van der Waals surface area contributed by atoms with Gasteiger partial charge in [-0.15, -0.1) is 0 Å². The van der Waals surface area contributed by atoms with Gasteiger partial charge in [-0.25, -0.2) is 0 Å². The van der Waals surface area contributed by atoms with Gasteiger partial charge in [-0.3, -0.25) is 9.59 Å². The summed E-state index contributed by atoms with van der Waals surface area (Å²) in [6, 6.07) is 0. The first kappa shape index (κ1) is 26.9. The molecule has 0 aliphatic carbocycles. The number of carboxylic acids is 1. The molecule has 0 rings (SSSR count). The molecular formula is C21H41NO4. The van der Waals surface area contributed by atoms with Gasteiger partial charge in [0, 0.05) is 13.5 Å². The Hall–Kier alpha value is -1.36. The van der Waals surface area contributed by atoms with E-state index in [1.807, 2.05) is 0 Å². The number of rotatable bonds is 17. The fourth-order valence-electron chi connectivity index (χ4n) is 2.83. The number of nitrogens with zero attached hydrogens (tertiary/aromatic N) is 1. The standard InChI is InChI=1S/C21H39NO3.H2O/c1-3-4-5-6-7-8-9-10-11-12-13-14-15-16-17-18-20(23)22(2)19-21(24)25;/h10-11H,3-9,12-19H2,1-2H3,(H,24,25);1H2/b11-10-;. The van der Waals surface area contributed by atoms with Crippen molar-refractivity contribution in [3.8, 4) is 0 Å². The van der Waals surface area contributed by atoms with E-state index in [1.165, 1.54) is 62.7 Å². The van der Waals surface area contributed by atoms with Crippen LogP contribution in [0.5, 0.6) is 0 Å². The molecule has 0 spiro atoms. The van der Waals surface area contributed by atoms with Crippen molar-refractivity contribution < 1.29 is 20.2 Å². The molecule has 0 radical (unpaired) electrons. The van der Waals surface area contributed by atoms with Crippen LogP contribution in [0.1, 0.15) is 96.8 Å². The summed E-state index contributed by atoms with van der Waals surface area (Å²) in [6.07, 6.45) is 21.1. The molecule has 0 fully saturated rings. The number of hydrogen-bond donors (Lipinski definition) is 1. The van der Waals surface area contributed by atoms with Crippen LogP contribution in [0.25, 0.3) is 0 Å². The molecule has 0 atom stereocenters. The average molecular weight is 372 g/mol. The lowest BCUT2D eigenvalue weighted by molar-refractivity contribution is -0.143. The Morgan fingerprint density at radius 1 is 0.808 bits per heavy atom. The molecule has 0 aromatic carbocycles. The van der Waals surface area contributed by atoms with E-state index in [-0.39, 0.29) is 17.9 Å². The lowest BCUT2D eigenvalue weighted by Crippen LogP contribution is -2.31. The maximum Gasteiger partial charge on any atom is 0.323 e. The number of carbonyl (C=O) groups is 2. The molecule has 5 nitrogen and oxygen atoms in total. The molecule has 3 N–H and O–H groups in total. The smallest absolute Gasteiger partial charge is 0.323 e. The number of amides is 1. The highest BCUT2D eigenvalue weighted by molar-refractivity contribution is 5.80. The van der Waals surface area contributed by atoms with Crippen molar-refractivity contribution in [2.45, 2.75) is 96.8 Å². The van der Waals surface area contributed by atoms with Gasteiger partial charge < -0.3 is 15.5 Å². The van der Waals surface area contributed by atoms with Crippen LogP contribution in [0.15, 0.2) is 12.2 Å². The van der Waals surface area contributed by atoms with Crippen molar-refractivity contribution >= 4 is 11.9 Å². The topological polar surface area (TPSA) is 89.1 Å². The van der Waals surface area contributed by atoms with E-state index in [1.54, 1.807) is 7.05 Å². The molecular weight excluding hydrogens is 330 g/mol. The van der Waals surface area contributed by atoms with Crippen LogP contribution in [-0.4, -0.2) is 41.0 Å². The zero-order chi connectivity index (χ0) is 18.8. The number of carbonyl (C=O) groups excluding carboxylic acids is 1. The molecule has 0 aliphatic heterocycles. The Balaban J connectivity index is 0. The molecule has 0 aromatic rings. The van der Waals surface area contributed by atoms with Crippen molar-refractivity contribution in [1.82, 2.24) is 4.90 Å². The minimum Gasteiger partial charge on any atom is -0.480 e. The Kier molecular flexibility index (Phi) is 20.6. The first-order valence-corrected chi connectivity index (χ1v) is 10.2. The van der Waals surface area contributed by atoms with Crippen LogP contribution in [-0.2, 0) is 9.59 Å². The summed E-state index contributed by atoms with van der Waals surface area (Å²) in [7, 11) is 1.55. The van der Waals surface area contributed by atoms with Gasteiger partial charge in [-0.1, -0.05) is 70.4 Å². The molecule has 0 saturated heterocycles. The Morgan fingerprint density at radius 3 is 1.77 bits per heavy atom. The van der Waals surface area contributed by atoms with Crippen LogP contribution < -0.4 is 0 Å². The van der Waals surface area contributed by atoms with E-state index >= 15 is 0 Å². The third kappa shape index (κ3) is 19.0. The third-order valence-electron chi connectivity index (χ3n) is 4.45. The molecule has 26 heavy (non-hydrogen) atoms. The lowest BCUT2D eigenvalue weighted by Gasteiger charge is -2.14. The molecule has 1 amide bonds. The van der Waals surface area contributed by atoms with Gasteiger partial charge in [0.25, 0.3) is 0 Å². The monoisotopic (exact) mass is 371 g/mol. The first-order chi connectivity index (χ1) is 12.1. The molecule has 0 saturated carbocycles. The molecule has 0 aromatic heterocycles. The molecule has 0 aliphatic rings. The molecule has 0 heterocycles. The van der Waals surface area contributed by atoms with Crippen LogP contribution in [0.4, 0.5) is 0 Å². The van der Waals surface area contributed by atoms with Crippen molar-refractivity contribution in [2.75, 3.05) is 13.6 Å². The van der Waals surface area contributed by atoms with Crippen molar-refractivity contribution in [2.24, 2.45) is 0 Å². The Labute approximate surface area is 160 Å². The summed E-state index contributed by atoms with van der Waals surface area (Å²) in [6.45, 7) is 2.05. The van der Waals surface area contributed by atoms with Gasteiger partial charge >= 0.3 is 5.97 Å². The zero-order valence-electron chi connectivity index (χ0n) is 17.0. The molecule has 5 heteroatoms. The second kappa shape index (κ2) is 20.0. The van der Waals surface area contributed by atoms with E-state index in [2.05, 4.69) is 19.1 Å². The van der Waals surface area contributed by atoms with Gasteiger partial charge in [0.15, 0.2) is 0 Å².